The lowest BCUT2D eigenvalue weighted by molar-refractivity contribution is -0.121. The summed E-state index contributed by atoms with van der Waals surface area (Å²) in [6.07, 6.45) is 5.31. The molecule has 1 fully saturated rings. The molecular weight excluding hydrogens is 202 g/mol. The van der Waals surface area contributed by atoms with Crippen LogP contribution in [0.1, 0.15) is 39.0 Å². The summed E-state index contributed by atoms with van der Waals surface area (Å²) >= 11 is 0. The highest BCUT2D eigenvalue weighted by Crippen LogP contribution is 2.33. The van der Waals surface area contributed by atoms with E-state index < -0.39 is 0 Å². The van der Waals surface area contributed by atoms with Crippen molar-refractivity contribution < 1.29 is 4.79 Å². The molecule has 16 heavy (non-hydrogen) atoms. The van der Waals surface area contributed by atoms with Crippen LogP contribution in [0.3, 0.4) is 0 Å². The predicted octanol–water partition coefficient (Wildman–Crippen LogP) is 0.714. The number of likely N-dealkylation sites (N-methyl/N-ethyl adjacent to an activating group) is 1. The van der Waals surface area contributed by atoms with Gasteiger partial charge in [0, 0.05) is 24.5 Å². The van der Waals surface area contributed by atoms with Crippen LogP contribution in [0.4, 0.5) is 0 Å². The first-order valence-corrected chi connectivity index (χ1v) is 6.16. The molecule has 1 aliphatic rings. The smallest absolute Gasteiger partial charge is 0.221 e. The quantitative estimate of drug-likeness (QED) is 0.727. The minimum Gasteiger partial charge on any atom is -0.354 e. The van der Waals surface area contributed by atoms with Crippen LogP contribution >= 0.6 is 0 Å². The highest BCUT2D eigenvalue weighted by Gasteiger charge is 2.35. The van der Waals surface area contributed by atoms with E-state index in [0.29, 0.717) is 6.42 Å². The molecule has 4 heteroatoms. The Bertz CT molecular complexity index is 232. The zero-order valence-electron chi connectivity index (χ0n) is 10.8. The van der Waals surface area contributed by atoms with Gasteiger partial charge in [0.25, 0.3) is 0 Å². The monoisotopic (exact) mass is 227 g/mol. The first-order chi connectivity index (χ1) is 7.46. The van der Waals surface area contributed by atoms with Crippen LogP contribution < -0.4 is 11.1 Å². The van der Waals surface area contributed by atoms with Crippen molar-refractivity contribution in [3.05, 3.63) is 0 Å². The number of carbonyl (C=O) groups excluding carboxylic acids is 1. The van der Waals surface area contributed by atoms with Crippen molar-refractivity contribution in [2.75, 3.05) is 20.6 Å². The van der Waals surface area contributed by atoms with Gasteiger partial charge in [0.1, 0.15) is 0 Å². The lowest BCUT2D eigenvalue weighted by Gasteiger charge is -2.36. The van der Waals surface area contributed by atoms with Gasteiger partial charge in [-0.25, -0.2) is 0 Å². The van der Waals surface area contributed by atoms with Crippen molar-refractivity contribution in [1.29, 1.82) is 0 Å². The zero-order chi connectivity index (χ0) is 12.2. The average molecular weight is 227 g/mol. The third kappa shape index (κ3) is 3.46. The Morgan fingerprint density at radius 3 is 2.44 bits per heavy atom. The molecule has 3 N–H and O–H groups in total. The van der Waals surface area contributed by atoms with E-state index in [0.717, 1.165) is 6.54 Å². The van der Waals surface area contributed by atoms with Gasteiger partial charge < -0.3 is 16.0 Å². The molecule has 94 valence electrons. The number of carbonyl (C=O) groups is 1. The van der Waals surface area contributed by atoms with Gasteiger partial charge in [0.05, 0.1) is 0 Å². The number of nitrogens with zero attached hydrogens (tertiary/aromatic N) is 1. The van der Waals surface area contributed by atoms with E-state index in [1.165, 1.54) is 25.7 Å². The molecule has 1 amide bonds. The number of nitrogens with two attached hydrogens (primary N) is 1. The first kappa shape index (κ1) is 13.5. The van der Waals surface area contributed by atoms with Crippen LogP contribution in [-0.4, -0.2) is 43.0 Å². The first-order valence-electron chi connectivity index (χ1n) is 6.16. The predicted molar refractivity (Wildman–Crippen MR) is 66.2 cm³/mol. The van der Waals surface area contributed by atoms with Gasteiger partial charge in [-0.3, -0.25) is 4.79 Å². The Kier molecular flexibility index (Phi) is 4.74. The molecule has 0 spiro atoms. The fraction of sp³-hybridized carbons (Fsp3) is 0.917. The third-order valence-electron chi connectivity index (χ3n) is 3.60. The summed E-state index contributed by atoms with van der Waals surface area (Å²) in [6, 6.07) is -0.0566. The Labute approximate surface area is 98.6 Å². The van der Waals surface area contributed by atoms with E-state index in [1.807, 2.05) is 6.92 Å². The fourth-order valence-corrected chi connectivity index (χ4v) is 2.44. The van der Waals surface area contributed by atoms with Crippen molar-refractivity contribution in [3.63, 3.8) is 0 Å². The average Bonchev–Trinajstić information content (AvgIpc) is 2.63. The second kappa shape index (κ2) is 5.64. The van der Waals surface area contributed by atoms with E-state index >= 15 is 0 Å². The Hall–Kier alpha value is -0.610. The van der Waals surface area contributed by atoms with Crippen molar-refractivity contribution >= 4 is 5.91 Å². The summed E-state index contributed by atoms with van der Waals surface area (Å²) in [5.41, 5.74) is 5.77. The Balaban J connectivity index is 2.42. The van der Waals surface area contributed by atoms with E-state index in [9.17, 15) is 4.79 Å². The molecule has 0 bridgehead atoms. The van der Waals surface area contributed by atoms with Gasteiger partial charge in [-0.15, -0.1) is 0 Å². The van der Waals surface area contributed by atoms with Gasteiger partial charge in [-0.2, -0.15) is 0 Å². The van der Waals surface area contributed by atoms with Gasteiger partial charge in [0.15, 0.2) is 0 Å². The summed E-state index contributed by atoms with van der Waals surface area (Å²) in [7, 11) is 4.20. The molecule has 4 nitrogen and oxygen atoms in total. The van der Waals surface area contributed by atoms with Crippen LogP contribution in [-0.2, 0) is 4.79 Å². The lowest BCUT2D eigenvalue weighted by atomic mass is 9.96. The van der Waals surface area contributed by atoms with Crippen molar-refractivity contribution in [2.45, 2.75) is 50.6 Å². The van der Waals surface area contributed by atoms with Crippen LogP contribution in [0, 0.1) is 0 Å². The lowest BCUT2D eigenvalue weighted by Crippen LogP contribution is -2.51. The summed E-state index contributed by atoms with van der Waals surface area (Å²) < 4.78 is 0. The van der Waals surface area contributed by atoms with Crippen molar-refractivity contribution in [2.24, 2.45) is 5.73 Å². The topological polar surface area (TPSA) is 58.4 Å². The molecule has 0 aliphatic heterocycles. The molecule has 0 saturated heterocycles. The maximum atomic E-state index is 11.6. The van der Waals surface area contributed by atoms with E-state index in [-0.39, 0.29) is 17.5 Å². The highest BCUT2D eigenvalue weighted by molar-refractivity contribution is 5.76. The molecule has 0 heterocycles. The van der Waals surface area contributed by atoms with Gasteiger partial charge >= 0.3 is 0 Å². The number of amides is 1. The Morgan fingerprint density at radius 1 is 1.44 bits per heavy atom. The number of rotatable bonds is 5. The summed E-state index contributed by atoms with van der Waals surface area (Å²) in [4.78, 5) is 13.8. The van der Waals surface area contributed by atoms with E-state index in [4.69, 9.17) is 5.73 Å². The van der Waals surface area contributed by atoms with Crippen molar-refractivity contribution in [1.82, 2.24) is 10.2 Å². The van der Waals surface area contributed by atoms with Crippen LogP contribution in [0.25, 0.3) is 0 Å². The number of nitrogens with one attached hydrogen (secondary N) is 1. The van der Waals surface area contributed by atoms with Crippen LogP contribution in [0.15, 0.2) is 0 Å². The standard InChI is InChI=1S/C12H25N3O/c1-10(13)8-11(16)14-9-12(15(2)3)6-4-5-7-12/h10H,4-9,13H2,1-3H3,(H,14,16). The molecule has 1 atom stereocenters. The molecule has 0 aromatic rings. The molecule has 0 aromatic carbocycles. The third-order valence-corrected chi connectivity index (χ3v) is 3.60. The summed E-state index contributed by atoms with van der Waals surface area (Å²) in [6.45, 7) is 2.61. The SMILES string of the molecule is CC(N)CC(=O)NCC1(N(C)C)CCCC1. The highest BCUT2D eigenvalue weighted by atomic mass is 16.1. The van der Waals surface area contributed by atoms with Gasteiger partial charge in [-0.05, 0) is 33.9 Å². The minimum absolute atomic E-state index is 0.0566. The molecular formula is C12H25N3O. The number of hydrogen-bond acceptors (Lipinski definition) is 3. The molecule has 1 unspecified atom stereocenters. The normalized spacial score (nSPS) is 21.1. The van der Waals surface area contributed by atoms with Gasteiger partial charge in [0.2, 0.25) is 5.91 Å². The summed E-state index contributed by atoms with van der Waals surface area (Å²) in [5.74, 6) is 0.0723. The minimum atomic E-state index is -0.0566. The molecule has 1 rings (SSSR count). The fourth-order valence-electron chi connectivity index (χ4n) is 2.44. The molecule has 0 radical (unpaired) electrons. The molecule has 1 saturated carbocycles. The zero-order valence-corrected chi connectivity index (χ0v) is 10.8. The summed E-state index contributed by atoms with van der Waals surface area (Å²) in [5, 5.41) is 3.02. The van der Waals surface area contributed by atoms with Crippen LogP contribution in [0.5, 0.6) is 0 Å². The second-order valence-corrected chi connectivity index (χ2v) is 5.28. The number of hydrogen-bond donors (Lipinski definition) is 2. The Morgan fingerprint density at radius 2 is 2.00 bits per heavy atom. The van der Waals surface area contributed by atoms with Gasteiger partial charge in [-0.1, -0.05) is 12.8 Å². The van der Waals surface area contributed by atoms with Crippen LogP contribution in [0.2, 0.25) is 0 Å². The second-order valence-electron chi connectivity index (χ2n) is 5.28. The molecule has 1 aliphatic carbocycles. The maximum absolute atomic E-state index is 11.6. The van der Waals surface area contributed by atoms with Crippen molar-refractivity contribution in [3.8, 4) is 0 Å². The largest absolute Gasteiger partial charge is 0.354 e. The van der Waals surface area contributed by atoms with E-state index in [2.05, 4.69) is 24.3 Å². The maximum Gasteiger partial charge on any atom is 0.221 e. The van der Waals surface area contributed by atoms with E-state index in [1.54, 1.807) is 0 Å². The molecule has 0 aromatic heterocycles.